The summed E-state index contributed by atoms with van der Waals surface area (Å²) in [6.45, 7) is 3.50. The summed E-state index contributed by atoms with van der Waals surface area (Å²) in [6.07, 6.45) is 2.42. The second-order valence-electron chi connectivity index (χ2n) is 4.82. The fraction of sp³-hybridized carbons (Fsp3) is 0.333. The van der Waals surface area contributed by atoms with E-state index in [1.165, 1.54) is 11.9 Å². The molecule has 0 atom stereocenters. The van der Waals surface area contributed by atoms with Gasteiger partial charge in [0, 0.05) is 13.1 Å². The molecule has 7 heteroatoms. The Morgan fingerprint density at radius 2 is 2.00 bits per heavy atom. The zero-order chi connectivity index (χ0) is 15.4. The smallest absolute Gasteiger partial charge is 0.183 e. The van der Waals surface area contributed by atoms with Crippen molar-refractivity contribution in [3.8, 4) is 5.75 Å². The lowest BCUT2D eigenvalue weighted by Gasteiger charge is -2.06. The number of anilines is 1. The van der Waals surface area contributed by atoms with Gasteiger partial charge in [0.25, 0.3) is 0 Å². The van der Waals surface area contributed by atoms with Crippen LogP contribution in [0.5, 0.6) is 5.75 Å². The zero-order valence-corrected chi connectivity index (χ0v) is 12.7. The highest BCUT2D eigenvalue weighted by Crippen LogP contribution is 2.16. The molecule has 1 N–H and O–H groups in total. The number of benzene rings is 1. The minimum absolute atomic E-state index is 0.707. The molecule has 114 valence electrons. The first-order valence-electron chi connectivity index (χ1n) is 7.23. The molecule has 22 heavy (non-hydrogen) atoms. The van der Waals surface area contributed by atoms with Gasteiger partial charge >= 0.3 is 0 Å². The summed E-state index contributed by atoms with van der Waals surface area (Å²) in [7, 11) is 1.67. The molecule has 0 saturated carbocycles. The van der Waals surface area contributed by atoms with Crippen LogP contribution in [0.15, 0.2) is 30.6 Å². The molecule has 0 saturated heterocycles. The van der Waals surface area contributed by atoms with Gasteiger partial charge in [0.15, 0.2) is 17.0 Å². The van der Waals surface area contributed by atoms with E-state index in [1.807, 2.05) is 19.1 Å². The summed E-state index contributed by atoms with van der Waals surface area (Å²) in [6, 6.07) is 8.04. The van der Waals surface area contributed by atoms with Crippen LogP contribution in [0.2, 0.25) is 0 Å². The Hall–Kier alpha value is -2.70. The molecule has 0 amide bonds. The molecule has 2 heterocycles. The maximum absolute atomic E-state index is 5.15. The maximum Gasteiger partial charge on any atom is 0.183 e. The fourth-order valence-corrected chi connectivity index (χ4v) is 2.25. The lowest BCUT2D eigenvalue weighted by molar-refractivity contribution is 0.414. The third-order valence-electron chi connectivity index (χ3n) is 3.46. The molecule has 3 aromatic rings. The average molecular weight is 298 g/mol. The monoisotopic (exact) mass is 298 g/mol. The third kappa shape index (κ3) is 2.83. The number of nitrogens with one attached hydrogen (secondary N) is 1. The van der Waals surface area contributed by atoms with E-state index in [2.05, 4.69) is 37.7 Å². The van der Waals surface area contributed by atoms with Crippen LogP contribution in [-0.4, -0.2) is 38.6 Å². The maximum atomic E-state index is 5.15. The molecule has 0 unspecified atom stereocenters. The highest BCUT2D eigenvalue weighted by molar-refractivity contribution is 5.81. The highest BCUT2D eigenvalue weighted by atomic mass is 16.5. The molecular weight excluding hydrogens is 280 g/mol. The number of methoxy groups -OCH3 is 1. The van der Waals surface area contributed by atoms with Gasteiger partial charge in [0.05, 0.1) is 7.11 Å². The first kappa shape index (κ1) is 14.2. The van der Waals surface area contributed by atoms with E-state index in [1.54, 1.807) is 11.8 Å². The summed E-state index contributed by atoms with van der Waals surface area (Å²) in [4.78, 5) is 8.49. The standard InChI is InChI=1S/C15H18N6O/c1-3-21-15-13(19-20-21)14(17-10-18-15)16-9-8-11-4-6-12(22-2)7-5-11/h4-7,10H,3,8-9H2,1-2H3,(H,16,17,18). The quantitative estimate of drug-likeness (QED) is 0.749. The Labute approximate surface area is 128 Å². The molecule has 0 fully saturated rings. The Kier molecular flexibility index (Phi) is 4.13. The van der Waals surface area contributed by atoms with E-state index in [9.17, 15) is 0 Å². The molecule has 0 aliphatic carbocycles. The van der Waals surface area contributed by atoms with Crippen molar-refractivity contribution in [3.63, 3.8) is 0 Å². The number of fused-ring (bicyclic) bond motifs is 1. The van der Waals surface area contributed by atoms with Gasteiger partial charge in [-0.3, -0.25) is 0 Å². The molecule has 1 aromatic carbocycles. The fourth-order valence-electron chi connectivity index (χ4n) is 2.25. The van der Waals surface area contributed by atoms with Crippen LogP contribution < -0.4 is 10.1 Å². The van der Waals surface area contributed by atoms with E-state index >= 15 is 0 Å². The molecule has 0 radical (unpaired) electrons. The summed E-state index contributed by atoms with van der Waals surface area (Å²) >= 11 is 0. The van der Waals surface area contributed by atoms with Crippen molar-refractivity contribution < 1.29 is 4.74 Å². The number of ether oxygens (including phenoxy) is 1. The lowest BCUT2D eigenvalue weighted by atomic mass is 10.1. The molecule has 0 aliphatic heterocycles. The zero-order valence-electron chi connectivity index (χ0n) is 12.7. The van der Waals surface area contributed by atoms with E-state index in [0.29, 0.717) is 5.52 Å². The van der Waals surface area contributed by atoms with E-state index in [-0.39, 0.29) is 0 Å². The topological polar surface area (TPSA) is 77.8 Å². The average Bonchev–Trinajstić information content (AvgIpc) is 2.99. The van der Waals surface area contributed by atoms with Gasteiger partial charge in [-0.2, -0.15) is 0 Å². The first-order chi connectivity index (χ1) is 10.8. The van der Waals surface area contributed by atoms with Crippen molar-refractivity contribution in [3.05, 3.63) is 36.2 Å². The summed E-state index contributed by atoms with van der Waals surface area (Å²) in [5.41, 5.74) is 2.69. The van der Waals surface area contributed by atoms with Crippen LogP contribution in [0.3, 0.4) is 0 Å². The predicted octanol–water partition coefficient (Wildman–Crippen LogP) is 1.90. The van der Waals surface area contributed by atoms with Crippen molar-refractivity contribution in [1.82, 2.24) is 25.0 Å². The SMILES string of the molecule is CCn1nnc2c(NCCc3ccc(OC)cc3)ncnc21. The summed E-state index contributed by atoms with van der Waals surface area (Å²) in [5.74, 6) is 1.59. The number of aryl methyl sites for hydroxylation is 1. The number of hydrogen-bond donors (Lipinski definition) is 1. The van der Waals surface area contributed by atoms with Crippen molar-refractivity contribution in [2.24, 2.45) is 0 Å². The molecule has 2 aromatic heterocycles. The van der Waals surface area contributed by atoms with Gasteiger partial charge in [0.2, 0.25) is 0 Å². The number of aromatic nitrogens is 5. The Morgan fingerprint density at radius 3 is 2.73 bits per heavy atom. The lowest BCUT2D eigenvalue weighted by Crippen LogP contribution is -2.07. The molecule has 0 aliphatic rings. The second-order valence-corrected chi connectivity index (χ2v) is 4.82. The van der Waals surface area contributed by atoms with E-state index in [4.69, 9.17) is 4.74 Å². The van der Waals surface area contributed by atoms with Gasteiger partial charge in [-0.15, -0.1) is 5.10 Å². The van der Waals surface area contributed by atoms with Crippen molar-refractivity contribution >= 4 is 17.0 Å². The van der Waals surface area contributed by atoms with Crippen molar-refractivity contribution in [2.75, 3.05) is 19.0 Å². The van der Waals surface area contributed by atoms with Gasteiger partial charge in [-0.25, -0.2) is 14.6 Å². The van der Waals surface area contributed by atoms with Crippen molar-refractivity contribution in [1.29, 1.82) is 0 Å². The summed E-state index contributed by atoms with van der Waals surface area (Å²) in [5, 5.41) is 11.5. The van der Waals surface area contributed by atoms with Crippen LogP contribution in [0.25, 0.3) is 11.2 Å². The normalized spacial score (nSPS) is 10.8. The largest absolute Gasteiger partial charge is 0.497 e. The predicted molar refractivity (Wildman–Crippen MR) is 84.0 cm³/mol. The second kappa shape index (κ2) is 6.38. The molecular formula is C15H18N6O. The van der Waals surface area contributed by atoms with Crippen LogP contribution in [0.1, 0.15) is 12.5 Å². The minimum atomic E-state index is 0.707. The summed E-state index contributed by atoms with van der Waals surface area (Å²) < 4.78 is 6.91. The van der Waals surface area contributed by atoms with Crippen LogP contribution >= 0.6 is 0 Å². The Balaban J connectivity index is 1.67. The Morgan fingerprint density at radius 1 is 1.18 bits per heavy atom. The van der Waals surface area contributed by atoms with Gasteiger partial charge in [0.1, 0.15) is 12.1 Å². The van der Waals surface area contributed by atoms with Gasteiger partial charge in [-0.1, -0.05) is 17.3 Å². The highest BCUT2D eigenvalue weighted by Gasteiger charge is 2.10. The van der Waals surface area contributed by atoms with Gasteiger partial charge < -0.3 is 10.1 Å². The van der Waals surface area contributed by atoms with Crippen LogP contribution in [0, 0.1) is 0 Å². The third-order valence-corrected chi connectivity index (χ3v) is 3.46. The Bertz CT molecular complexity index is 752. The molecule has 3 rings (SSSR count). The minimum Gasteiger partial charge on any atom is -0.497 e. The van der Waals surface area contributed by atoms with Gasteiger partial charge in [-0.05, 0) is 31.0 Å². The first-order valence-corrected chi connectivity index (χ1v) is 7.23. The number of nitrogens with zero attached hydrogens (tertiary/aromatic N) is 5. The van der Waals surface area contributed by atoms with Crippen LogP contribution in [-0.2, 0) is 13.0 Å². The van der Waals surface area contributed by atoms with E-state index in [0.717, 1.165) is 36.7 Å². The molecule has 7 nitrogen and oxygen atoms in total. The number of rotatable bonds is 6. The molecule has 0 bridgehead atoms. The number of hydrogen-bond acceptors (Lipinski definition) is 6. The van der Waals surface area contributed by atoms with Crippen LogP contribution in [0.4, 0.5) is 5.82 Å². The van der Waals surface area contributed by atoms with Crippen molar-refractivity contribution in [2.45, 2.75) is 19.9 Å². The molecule has 0 spiro atoms. The van der Waals surface area contributed by atoms with E-state index < -0.39 is 0 Å².